The highest BCUT2D eigenvalue weighted by atomic mass is 17.4. The third kappa shape index (κ3) is 4.62. The molecular formula is C12H20O6. The van der Waals surface area contributed by atoms with Gasteiger partial charge in [0.25, 0.3) is 0 Å². The van der Waals surface area contributed by atoms with Crippen molar-refractivity contribution in [3.05, 3.63) is 0 Å². The molecule has 6 nitrogen and oxygen atoms in total. The minimum absolute atomic E-state index is 0.241. The molecule has 104 valence electrons. The molecule has 1 rings (SSSR count). The van der Waals surface area contributed by atoms with Crippen LogP contribution in [0.2, 0.25) is 0 Å². The van der Waals surface area contributed by atoms with E-state index in [0.717, 1.165) is 32.1 Å². The second kappa shape index (κ2) is 7.33. The fourth-order valence-electron chi connectivity index (χ4n) is 1.42. The van der Waals surface area contributed by atoms with Crippen LogP contribution in [0.15, 0.2) is 0 Å². The van der Waals surface area contributed by atoms with Gasteiger partial charge in [0, 0.05) is 6.42 Å². The normalized spacial score (nSPS) is 16.1. The van der Waals surface area contributed by atoms with Gasteiger partial charge in [-0.05, 0) is 12.8 Å². The fraction of sp³-hybridized carbons (Fsp3) is 0.833. The maximum absolute atomic E-state index is 11.5. The van der Waals surface area contributed by atoms with E-state index in [-0.39, 0.29) is 6.42 Å². The topological polar surface area (TPSA) is 77.7 Å². The van der Waals surface area contributed by atoms with Crippen LogP contribution >= 0.6 is 0 Å². The Hall–Kier alpha value is -1.14. The summed E-state index contributed by atoms with van der Waals surface area (Å²) in [7, 11) is 0. The van der Waals surface area contributed by atoms with E-state index in [1.807, 2.05) is 13.8 Å². The molecule has 0 aliphatic carbocycles. The second-order valence-electron chi connectivity index (χ2n) is 4.31. The van der Waals surface area contributed by atoms with Crippen LogP contribution in [0.5, 0.6) is 0 Å². The molecule has 0 N–H and O–H groups in total. The van der Waals surface area contributed by atoms with Crippen LogP contribution in [0.1, 0.15) is 58.8 Å². The van der Waals surface area contributed by atoms with Gasteiger partial charge in [-0.25, -0.2) is 19.4 Å². The molecule has 0 amide bonds. The van der Waals surface area contributed by atoms with Crippen molar-refractivity contribution in [3.63, 3.8) is 0 Å². The third-order valence-corrected chi connectivity index (χ3v) is 2.65. The van der Waals surface area contributed by atoms with Crippen LogP contribution in [-0.4, -0.2) is 17.7 Å². The molecule has 1 aliphatic heterocycles. The molecule has 1 heterocycles. The summed E-state index contributed by atoms with van der Waals surface area (Å²) in [5, 5.41) is 0. The molecule has 0 atom stereocenters. The average Bonchev–Trinajstić information content (AvgIpc) is 3.15. The van der Waals surface area contributed by atoms with E-state index in [0.29, 0.717) is 6.42 Å². The molecule has 0 bridgehead atoms. The molecule has 6 heteroatoms. The number of carbonyl (C=O) groups is 2. The molecular weight excluding hydrogens is 240 g/mol. The predicted octanol–water partition coefficient (Wildman–Crippen LogP) is 2.42. The maximum atomic E-state index is 11.5. The van der Waals surface area contributed by atoms with E-state index in [1.165, 1.54) is 0 Å². The Labute approximate surface area is 106 Å². The Balaban J connectivity index is 2.18. The van der Waals surface area contributed by atoms with Crippen LogP contribution in [0.25, 0.3) is 0 Å². The lowest BCUT2D eigenvalue weighted by Crippen LogP contribution is -2.27. The summed E-state index contributed by atoms with van der Waals surface area (Å²) < 4.78 is 0. The first-order valence-corrected chi connectivity index (χ1v) is 6.43. The van der Waals surface area contributed by atoms with Crippen LogP contribution in [0, 0.1) is 0 Å². The molecule has 0 radical (unpaired) electrons. The Kier molecular flexibility index (Phi) is 6.07. The van der Waals surface area contributed by atoms with Gasteiger partial charge in [-0.1, -0.05) is 33.1 Å². The van der Waals surface area contributed by atoms with E-state index in [1.54, 1.807) is 0 Å². The highest BCUT2D eigenvalue weighted by Gasteiger charge is 2.59. The first kappa shape index (κ1) is 14.9. The van der Waals surface area contributed by atoms with Crippen molar-refractivity contribution in [2.24, 2.45) is 0 Å². The SMILES string of the molecule is CCCCCC(=O)OOC(=O)C1(CCCC)OO1. The molecule has 0 saturated carbocycles. The lowest BCUT2D eigenvalue weighted by atomic mass is 10.1. The number of hydrogen-bond acceptors (Lipinski definition) is 6. The molecule has 0 unspecified atom stereocenters. The molecule has 0 spiro atoms. The van der Waals surface area contributed by atoms with Crippen LogP contribution in [0.3, 0.4) is 0 Å². The number of carbonyl (C=O) groups excluding carboxylic acids is 2. The Morgan fingerprint density at radius 1 is 1.00 bits per heavy atom. The van der Waals surface area contributed by atoms with Gasteiger partial charge in [-0.3, -0.25) is 0 Å². The first-order chi connectivity index (χ1) is 8.64. The van der Waals surface area contributed by atoms with Crippen molar-refractivity contribution in [3.8, 4) is 0 Å². The molecule has 0 aromatic rings. The lowest BCUT2D eigenvalue weighted by Gasteiger charge is -2.05. The highest BCUT2D eigenvalue weighted by molar-refractivity contribution is 5.79. The van der Waals surface area contributed by atoms with E-state index < -0.39 is 17.7 Å². The minimum atomic E-state index is -1.35. The predicted molar refractivity (Wildman–Crippen MR) is 60.8 cm³/mol. The third-order valence-electron chi connectivity index (χ3n) is 2.65. The van der Waals surface area contributed by atoms with E-state index in [4.69, 9.17) is 0 Å². The van der Waals surface area contributed by atoms with Crippen molar-refractivity contribution in [2.45, 2.75) is 64.6 Å². The van der Waals surface area contributed by atoms with Crippen molar-refractivity contribution in [1.29, 1.82) is 0 Å². The largest absolute Gasteiger partial charge is 0.420 e. The van der Waals surface area contributed by atoms with Crippen molar-refractivity contribution >= 4 is 11.9 Å². The van der Waals surface area contributed by atoms with Gasteiger partial charge in [-0.15, -0.1) is 0 Å². The molecule has 1 saturated heterocycles. The van der Waals surface area contributed by atoms with Gasteiger partial charge < -0.3 is 0 Å². The standard InChI is InChI=1S/C12H20O6/c1-3-5-7-8-10(13)15-16-11(14)12(17-18-12)9-6-4-2/h3-9H2,1-2H3. The molecule has 1 fully saturated rings. The quantitative estimate of drug-likeness (QED) is 0.288. The number of rotatable bonds is 8. The Morgan fingerprint density at radius 3 is 2.22 bits per heavy atom. The number of unbranched alkanes of at least 4 members (excludes halogenated alkanes) is 3. The van der Waals surface area contributed by atoms with E-state index >= 15 is 0 Å². The molecule has 0 aromatic carbocycles. The van der Waals surface area contributed by atoms with Crippen molar-refractivity contribution in [2.75, 3.05) is 0 Å². The molecule has 1 aliphatic rings. The van der Waals surface area contributed by atoms with Crippen LogP contribution < -0.4 is 0 Å². The summed E-state index contributed by atoms with van der Waals surface area (Å²) in [5.41, 5.74) is 0. The fourth-order valence-corrected chi connectivity index (χ4v) is 1.42. The molecule has 18 heavy (non-hydrogen) atoms. The van der Waals surface area contributed by atoms with Gasteiger partial charge in [0.2, 0.25) is 0 Å². The second-order valence-corrected chi connectivity index (χ2v) is 4.31. The highest BCUT2D eigenvalue weighted by Crippen LogP contribution is 2.36. The minimum Gasteiger partial charge on any atom is -0.247 e. The van der Waals surface area contributed by atoms with Gasteiger partial charge in [0.05, 0.1) is 6.42 Å². The zero-order valence-corrected chi connectivity index (χ0v) is 10.9. The molecule has 0 aromatic heterocycles. The Morgan fingerprint density at radius 2 is 1.67 bits per heavy atom. The first-order valence-electron chi connectivity index (χ1n) is 6.43. The monoisotopic (exact) mass is 260 g/mol. The average molecular weight is 260 g/mol. The van der Waals surface area contributed by atoms with Crippen molar-refractivity contribution in [1.82, 2.24) is 0 Å². The summed E-state index contributed by atoms with van der Waals surface area (Å²) in [6.45, 7) is 4.01. The van der Waals surface area contributed by atoms with Gasteiger partial charge in [-0.2, -0.15) is 9.78 Å². The summed E-state index contributed by atoms with van der Waals surface area (Å²) in [6, 6.07) is 0. The maximum Gasteiger partial charge on any atom is 0.420 e. The summed E-state index contributed by atoms with van der Waals surface area (Å²) in [5.74, 6) is -2.71. The van der Waals surface area contributed by atoms with Crippen LogP contribution in [-0.2, 0) is 29.1 Å². The van der Waals surface area contributed by atoms with Gasteiger partial charge in [0.1, 0.15) is 0 Å². The van der Waals surface area contributed by atoms with Crippen molar-refractivity contribution < 1.29 is 29.1 Å². The smallest absolute Gasteiger partial charge is 0.247 e. The summed E-state index contributed by atoms with van der Waals surface area (Å²) >= 11 is 0. The van der Waals surface area contributed by atoms with Crippen LogP contribution in [0.4, 0.5) is 0 Å². The zero-order valence-electron chi connectivity index (χ0n) is 10.9. The summed E-state index contributed by atoms with van der Waals surface area (Å²) in [4.78, 5) is 40.8. The Bertz CT molecular complexity index is 284. The summed E-state index contributed by atoms with van der Waals surface area (Å²) in [6.07, 6.45) is 4.98. The van der Waals surface area contributed by atoms with E-state index in [2.05, 4.69) is 19.6 Å². The lowest BCUT2D eigenvalue weighted by molar-refractivity contribution is -0.264. The van der Waals surface area contributed by atoms with Gasteiger partial charge >= 0.3 is 17.7 Å². The number of hydrogen-bond donors (Lipinski definition) is 0. The van der Waals surface area contributed by atoms with E-state index in [9.17, 15) is 9.59 Å². The zero-order chi connectivity index (χ0) is 13.4. The van der Waals surface area contributed by atoms with Gasteiger partial charge in [0.15, 0.2) is 0 Å².